The highest BCUT2D eigenvalue weighted by molar-refractivity contribution is 5.87. The number of nitrogens with zero attached hydrogens (tertiary/aromatic N) is 2. The van der Waals surface area contributed by atoms with Crippen LogP contribution in [0.2, 0.25) is 0 Å². The highest BCUT2D eigenvalue weighted by Gasteiger charge is 2.48. The molecule has 10 nitrogen and oxygen atoms in total. The summed E-state index contributed by atoms with van der Waals surface area (Å²) in [5.41, 5.74) is 8.18. The molecule has 1 aromatic rings. The number of carbonyl (C=O) groups is 1. The number of nitrogens with two attached hydrogens (primary N) is 1. The Bertz CT molecular complexity index is 708. The second-order valence-corrected chi connectivity index (χ2v) is 7.11. The Hall–Kier alpha value is -1.95. The third-order valence-electron chi connectivity index (χ3n) is 5.42. The molecule has 0 aromatic heterocycles. The van der Waals surface area contributed by atoms with Gasteiger partial charge in [0.1, 0.15) is 5.54 Å². The molecule has 1 amide bonds. The molecule has 0 saturated carbocycles. The van der Waals surface area contributed by atoms with Crippen LogP contribution in [0.25, 0.3) is 0 Å². The van der Waals surface area contributed by atoms with Crippen LogP contribution in [-0.2, 0) is 20.0 Å². The molecule has 4 N–H and O–H groups in total. The lowest BCUT2D eigenvalue weighted by Crippen LogP contribution is -2.60. The topological polar surface area (TPSA) is 111 Å². The van der Waals surface area contributed by atoms with Crippen molar-refractivity contribution in [2.45, 2.75) is 38.0 Å². The fourth-order valence-corrected chi connectivity index (χ4v) is 4.11. The van der Waals surface area contributed by atoms with E-state index in [1.54, 1.807) is 6.07 Å². The number of piperazine rings is 1. The Morgan fingerprint density at radius 1 is 1.32 bits per heavy atom. The molecular weight excluding hydrogens is 366 g/mol. The summed E-state index contributed by atoms with van der Waals surface area (Å²) in [4.78, 5) is 37.2. The Labute approximate surface area is 163 Å². The van der Waals surface area contributed by atoms with E-state index >= 15 is 0 Å². The Morgan fingerprint density at radius 3 is 2.82 bits per heavy atom. The Balaban J connectivity index is 1.71. The fourth-order valence-electron chi connectivity index (χ4n) is 4.11. The zero-order valence-electron chi connectivity index (χ0n) is 16.0. The first-order valence-electron chi connectivity index (χ1n) is 9.73. The Morgan fingerprint density at radius 2 is 2.14 bits per heavy atom. The van der Waals surface area contributed by atoms with Crippen molar-refractivity contribution in [2.24, 2.45) is 5.73 Å². The van der Waals surface area contributed by atoms with Crippen LogP contribution >= 0.6 is 0 Å². The zero-order chi connectivity index (χ0) is 19.6. The number of hydrogen-bond acceptors (Lipinski definition) is 9. The van der Waals surface area contributed by atoms with Crippen molar-refractivity contribution in [3.05, 3.63) is 23.8 Å². The van der Waals surface area contributed by atoms with Gasteiger partial charge in [-0.25, -0.2) is 0 Å². The number of benzene rings is 1. The summed E-state index contributed by atoms with van der Waals surface area (Å²) in [6.07, 6.45) is 1.47. The zero-order valence-corrected chi connectivity index (χ0v) is 16.0. The number of hydroxylamine groups is 2. The monoisotopic (exact) mass is 393 g/mol. The van der Waals surface area contributed by atoms with Crippen LogP contribution in [0.3, 0.4) is 0 Å². The van der Waals surface area contributed by atoms with Gasteiger partial charge in [-0.15, -0.1) is 0 Å². The average Bonchev–Trinajstić information content (AvgIpc) is 3.18. The number of primary amides is 1. The molecule has 4 rings (SSSR count). The molecule has 0 bridgehead atoms. The van der Waals surface area contributed by atoms with Gasteiger partial charge in [0.15, 0.2) is 5.75 Å². The third kappa shape index (κ3) is 3.32. The van der Waals surface area contributed by atoms with Gasteiger partial charge >= 0.3 is 0 Å². The quantitative estimate of drug-likeness (QED) is 0.622. The fraction of sp³-hybridized carbons (Fsp3) is 0.611. The maximum Gasteiger partial charge on any atom is 0.242 e. The number of carbonyl (C=O) groups excluding carboxylic acids is 1. The summed E-state index contributed by atoms with van der Waals surface area (Å²) in [6.45, 7) is 5.57. The molecule has 2 saturated heterocycles. The summed E-state index contributed by atoms with van der Waals surface area (Å²) in [5, 5.41) is 4.62. The molecule has 0 spiro atoms. The molecule has 3 heterocycles. The van der Waals surface area contributed by atoms with Gasteiger partial charge in [-0.1, -0.05) is 31.1 Å². The lowest BCUT2D eigenvalue weighted by atomic mass is 9.81. The minimum Gasteiger partial charge on any atom is -0.368 e. The van der Waals surface area contributed by atoms with E-state index in [0.717, 1.165) is 38.2 Å². The predicted molar refractivity (Wildman–Crippen MR) is 98.3 cm³/mol. The molecular formula is C18H27N5O5. The SMILES string of the molecule is CCCC(C(N)=O)(c1cccc2c1ON(C1CCONO1)O2)N1CCNCC1. The van der Waals surface area contributed by atoms with E-state index in [0.29, 0.717) is 30.9 Å². The van der Waals surface area contributed by atoms with Crippen LogP contribution in [0.1, 0.15) is 31.7 Å². The van der Waals surface area contributed by atoms with Gasteiger partial charge in [0, 0.05) is 38.2 Å². The number of amides is 1. The number of para-hydroxylation sites is 1. The Kier molecular flexibility index (Phi) is 5.67. The van der Waals surface area contributed by atoms with E-state index in [2.05, 4.69) is 15.9 Å². The van der Waals surface area contributed by atoms with E-state index in [-0.39, 0.29) is 5.91 Å². The lowest BCUT2D eigenvalue weighted by Gasteiger charge is -2.44. The van der Waals surface area contributed by atoms with Crippen LogP contribution < -0.4 is 26.4 Å². The van der Waals surface area contributed by atoms with Gasteiger partial charge in [-0.3, -0.25) is 19.4 Å². The van der Waals surface area contributed by atoms with Crippen molar-refractivity contribution in [3.63, 3.8) is 0 Å². The molecule has 2 unspecified atom stereocenters. The summed E-state index contributed by atoms with van der Waals surface area (Å²) >= 11 is 0. The molecule has 3 aliphatic heterocycles. The maximum atomic E-state index is 12.9. The van der Waals surface area contributed by atoms with Crippen molar-refractivity contribution < 1.29 is 24.1 Å². The molecule has 2 atom stereocenters. The molecule has 10 heteroatoms. The average molecular weight is 393 g/mol. The van der Waals surface area contributed by atoms with Crippen LogP contribution in [0.4, 0.5) is 0 Å². The molecule has 0 radical (unpaired) electrons. The highest BCUT2D eigenvalue weighted by Crippen LogP contribution is 2.46. The first-order valence-corrected chi connectivity index (χ1v) is 9.73. The third-order valence-corrected chi connectivity index (χ3v) is 5.42. The van der Waals surface area contributed by atoms with E-state index < -0.39 is 11.8 Å². The summed E-state index contributed by atoms with van der Waals surface area (Å²) in [5.74, 6) is 0.656. The standard InChI is InChI=1S/C18H27N5O5/c1-2-7-18(17(19)24,22-10-8-20-9-11-22)13-4-3-5-14-16(13)28-23(27-14)15-6-12-25-21-26-15/h3-5,15,20-21H,2,6-12H2,1H3,(H2,19,24). The van der Waals surface area contributed by atoms with Crippen LogP contribution in [0.15, 0.2) is 18.2 Å². The van der Waals surface area contributed by atoms with E-state index in [9.17, 15) is 4.79 Å². The van der Waals surface area contributed by atoms with Crippen LogP contribution in [0.5, 0.6) is 11.5 Å². The minimum atomic E-state index is -0.962. The van der Waals surface area contributed by atoms with Crippen molar-refractivity contribution in [1.29, 1.82) is 0 Å². The molecule has 1 aromatic carbocycles. The molecule has 154 valence electrons. The second-order valence-electron chi connectivity index (χ2n) is 7.11. The van der Waals surface area contributed by atoms with E-state index in [1.807, 2.05) is 19.1 Å². The summed E-state index contributed by atoms with van der Waals surface area (Å²) in [6, 6.07) is 5.57. The first-order chi connectivity index (χ1) is 13.7. The maximum absolute atomic E-state index is 12.9. The van der Waals surface area contributed by atoms with Crippen LogP contribution in [0, 0.1) is 0 Å². The van der Waals surface area contributed by atoms with Crippen molar-refractivity contribution >= 4 is 5.91 Å². The van der Waals surface area contributed by atoms with Gasteiger partial charge in [0.05, 0.1) is 11.8 Å². The highest BCUT2D eigenvalue weighted by atomic mass is 17.0. The minimum absolute atomic E-state index is 0.379. The molecule has 3 aliphatic rings. The van der Waals surface area contributed by atoms with Crippen LogP contribution in [-0.4, -0.2) is 55.0 Å². The molecule has 28 heavy (non-hydrogen) atoms. The second kappa shape index (κ2) is 8.19. The van der Waals surface area contributed by atoms with Gasteiger partial charge < -0.3 is 20.7 Å². The van der Waals surface area contributed by atoms with Crippen molar-refractivity contribution in [1.82, 2.24) is 21.1 Å². The van der Waals surface area contributed by atoms with Crippen molar-refractivity contribution in [3.8, 4) is 11.5 Å². The van der Waals surface area contributed by atoms with E-state index in [4.69, 9.17) is 25.1 Å². The van der Waals surface area contributed by atoms with Gasteiger partial charge in [0.25, 0.3) is 0 Å². The lowest BCUT2D eigenvalue weighted by molar-refractivity contribution is -0.376. The van der Waals surface area contributed by atoms with Gasteiger partial charge in [0.2, 0.25) is 17.9 Å². The predicted octanol–water partition coefficient (Wildman–Crippen LogP) is 0.158. The number of hydrogen-bond donors (Lipinski definition) is 3. The molecule has 2 fully saturated rings. The van der Waals surface area contributed by atoms with Gasteiger partial charge in [-0.05, 0) is 12.5 Å². The van der Waals surface area contributed by atoms with Crippen molar-refractivity contribution in [2.75, 3.05) is 32.8 Å². The van der Waals surface area contributed by atoms with Gasteiger partial charge in [-0.2, -0.15) is 0 Å². The largest absolute Gasteiger partial charge is 0.368 e. The number of nitrogens with one attached hydrogen (secondary N) is 2. The normalized spacial score (nSPS) is 25.4. The number of fused-ring (bicyclic) bond motifs is 1. The summed E-state index contributed by atoms with van der Waals surface area (Å²) in [7, 11) is 0. The summed E-state index contributed by atoms with van der Waals surface area (Å²) < 4.78 is 0. The smallest absolute Gasteiger partial charge is 0.242 e. The van der Waals surface area contributed by atoms with E-state index in [1.165, 1.54) is 5.23 Å². The molecule has 0 aliphatic carbocycles. The first kappa shape index (κ1) is 19.4. The number of rotatable bonds is 6.